The van der Waals surface area contributed by atoms with Crippen LogP contribution in [0.25, 0.3) is 10.2 Å². The smallest absolute Gasteiger partial charge is 0.319 e. The topological polar surface area (TPSA) is 147 Å². The van der Waals surface area contributed by atoms with Crippen molar-refractivity contribution in [1.29, 1.82) is 0 Å². The first kappa shape index (κ1) is 27.3. The predicted molar refractivity (Wildman–Crippen MR) is 148 cm³/mol. The Kier molecular flexibility index (Phi) is 7.05. The average molecular weight is 564 g/mol. The number of ether oxygens (including phenoxy) is 1. The van der Waals surface area contributed by atoms with Crippen molar-refractivity contribution in [1.82, 2.24) is 20.5 Å². The molecule has 2 aromatic carbocycles. The fourth-order valence-electron chi connectivity index (χ4n) is 4.96. The van der Waals surface area contributed by atoms with Crippen molar-refractivity contribution < 1.29 is 28.7 Å². The van der Waals surface area contributed by atoms with Crippen molar-refractivity contribution >= 4 is 56.9 Å². The maximum atomic E-state index is 13.1. The summed E-state index contributed by atoms with van der Waals surface area (Å²) in [5.41, 5.74) is 1.56. The fraction of sp³-hybridized carbons (Fsp3) is 0.357. The molecule has 1 aromatic heterocycles. The highest BCUT2D eigenvalue weighted by molar-refractivity contribution is 7.18. The largest absolute Gasteiger partial charge is 0.494 e. The first-order valence-electron chi connectivity index (χ1n) is 12.9. The monoisotopic (exact) mass is 563 g/mol. The van der Waals surface area contributed by atoms with Crippen LogP contribution in [-0.2, 0) is 21.5 Å². The summed E-state index contributed by atoms with van der Waals surface area (Å²) in [5.74, 6) is -1.69. The van der Waals surface area contributed by atoms with Gasteiger partial charge in [-0.15, -0.1) is 11.3 Å². The first-order chi connectivity index (χ1) is 19.0. The number of fused-ring (bicyclic) bond motifs is 2. The molecule has 1 unspecified atom stereocenters. The Morgan fingerprint density at radius 2 is 1.90 bits per heavy atom. The van der Waals surface area contributed by atoms with Crippen molar-refractivity contribution in [2.75, 3.05) is 12.4 Å². The number of carbonyl (C=O) groups is 5. The highest BCUT2D eigenvalue weighted by Crippen LogP contribution is 2.36. The number of imide groups is 2. The Bertz CT molecular complexity index is 1580. The number of nitrogens with zero attached hydrogens (tertiary/aromatic N) is 2. The molecule has 2 aliphatic rings. The average Bonchev–Trinajstić information content (AvgIpc) is 3.43. The third-order valence-corrected chi connectivity index (χ3v) is 8.26. The number of methoxy groups -OCH3 is 1. The van der Waals surface area contributed by atoms with E-state index in [9.17, 15) is 24.0 Å². The van der Waals surface area contributed by atoms with E-state index in [2.05, 4.69) is 28.9 Å². The normalized spacial score (nSPS) is 17.2. The number of carbonyl (C=O) groups excluding carboxylic acids is 5. The zero-order chi connectivity index (χ0) is 28.8. The third-order valence-electron chi connectivity index (χ3n) is 6.94. The fourth-order valence-corrected chi connectivity index (χ4v) is 6.06. The summed E-state index contributed by atoms with van der Waals surface area (Å²) in [4.78, 5) is 68.4. The number of amides is 6. The van der Waals surface area contributed by atoms with Gasteiger partial charge in [-0.25, -0.2) is 9.78 Å². The van der Waals surface area contributed by atoms with E-state index >= 15 is 0 Å². The summed E-state index contributed by atoms with van der Waals surface area (Å²) in [6.45, 7) is 5.79. The van der Waals surface area contributed by atoms with E-state index in [-0.39, 0.29) is 24.0 Å². The Balaban J connectivity index is 1.32. The van der Waals surface area contributed by atoms with Gasteiger partial charge in [-0.1, -0.05) is 13.3 Å². The Hall–Kier alpha value is -4.32. The molecule has 5 rings (SSSR count). The number of thiazole rings is 1. The van der Waals surface area contributed by atoms with Gasteiger partial charge in [0.05, 0.1) is 28.5 Å². The second-order valence-electron chi connectivity index (χ2n) is 10.3. The van der Waals surface area contributed by atoms with Crippen LogP contribution in [0.5, 0.6) is 5.75 Å². The molecule has 0 bridgehead atoms. The Labute approximate surface area is 234 Å². The number of aromatic nitrogens is 1. The summed E-state index contributed by atoms with van der Waals surface area (Å²) >= 11 is 1.48. The zero-order valence-corrected chi connectivity index (χ0v) is 23.4. The number of nitrogens with one attached hydrogen (secondary N) is 3. The summed E-state index contributed by atoms with van der Waals surface area (Å²) < 4.78 is 6.53. The molecule has 1 atom stereocenters. The number of rotatable bonds is 7. The van der Waals surface area contributed by atoms with Crippen LogP contribution in [0, 0.1) is 0 Å². The van der Waals surface area contributed by atoms with E-state index in [1.165, 1.54) is 29.5 Å². The lowest BCUT2D eigenvalue weighted by atomic mass is 10.0. The van der Waals surface area contributed by atoms with E-state index < -0.39 is 41.2 Å². The van der Waals surface area contributed by atoms with Gasteiger partial charge in [-0.2, -0.15) is 0 Å². The van der Waals surface area contributed by atoms with E-state index in [0.29, 0.717) is 16.4 Å². The summed E-state index contributed by atoms with van der Waals surface area (Å²) in [7, 11) is 1.61. The molecule has 3 heterocycles. The molecule has 208 valence electrons. The molecule has 3 N–H and O–H groups in total. The minimum Gasteiger partial charge on any atom is -0.494 e. The summed E-state index contributed by atoms with van der Waals surface area (Å²) in [5, 5.41) is 8.51. The van der Waals surface area contributed by atoms with Crippen LogP contribution < -0.4 is 20.7 Å². The molecule has 0 saturated carbocycles. The molecule has 3 aromatic rings. The highest BCUT2D eigenvalue weighted by Gasteiger charge is 2.44. The van der Waals surface area contributed by atoms with Crippen LogP contribution in [0.2, 0.25) is 0 Å². The van der Waals surface area contributed by atoms with Crippen molar-refractivity contribution in [3.05, 3.63) is 52.0 Å². The second kappa shape index (κ2) is 10.3. The van der Waals surface area contributed by atoms with Crippen molar-refractivity contribution in [2.45, 2.75) is 58.0 Å². The molecular weight excluding hydrogens is 534 g/mol. The molecular formula is C28H29N5O6S. The molecule has 40 heavy (non-hydrogen) atoms. The quantitative estimate of drug-likeness (QED) is 0.371. The van der Waals surface area contributed by atoms with Gasteiger partial charge in [-0.05, 0) is 62.6 Å². The molecule has 1 saturated heterocycles. The first-order valence-corrected chi connectivity index (χ1v) is 13.8. The van der Waals surface area contributed by atoms with Crippen LogP contribution in [0.3, 0.4) is 0 Å². The van der Waals surface area contributed by atoms with Gasteiger partial charge in [0.2, 0.25) is 11.8 Å². The minimum atomic E-state index is -1.06. The molecule has 0 spiro atoms. The van der Waals surface area contributed by atoms with Crippen LogP contribution in [0.15, 0.2) is 30.3 Å². The number of piperidine rings is 1. The van der Waals surface area contributed by atoms with Crippen molar-refractivity contribution in [3.63, 3.8) is 0 Å². The van der Waals surface area contributed by atoms with E-state index in [0.717, 1.165) is 33.5 Å². The van der Waals surface area contributed by atoms with E-state index in [1.807, 2.05) is 19.9 Å². The minimum absolute atomic E-state index is 0.0356. The standard InChI is InChI=1S/C28H29N5O6S/c1-5-6-14-11-19(39-4)22-20(12-14)40-26(31-22)28(2,3)32-27(38)29-15-7-8-16-17(13-15)25(37)33(24(16)36)18-9-10-21(34)30-23(18)35/h7-8,11-13,18H,5-6,9-10H2,1-4H3,(H2,29,32,38)(H,30,34,35). The van der Waals surface area contributed by atoms with E-state index in [4.69, 9.17) is 9.72 Å². The SMILES string of the molecule is CCCc1cc(OC)c2nc(C(C)(C)NC(=O)Nc3ccc4c(c3)C(=O)N(C3CCC(=O)NC3=O)C4=O)sc2c1. The van der Waals surface area contributed by atoms with Gasteiger partial charge in [-0.3, -0.25) is 29.4 Å². The van der Waals surface area contributed by atoms with Gasteiger partial charge in [0.25, 0.3) is 11.8 Å². The predicted octanol–water partition coefficient (Wildman–Crippen LogP) is 3.72. The molecule has 2 aliphatic heterocycles. The summed E-state index contributed by atoms with van der Waals surface area (Å²) in [6, 6.07) is 6.87. The van der Waals surface area contributed by atoms with Gasteiger partial charge in [0.15, 0.2) is 0 Å². The maximum absolute atomic E-state index is 13.1. The number of benzene rings is 2. The lowest BCUT2D eigenvalue weighted by Gasteiger charge is -2.27. The highest BCUT2D eigenvalue weighted by atomic mass is 32.1. The molecule has 12 heteroatoms. The zero-order valence-electron chi connectivity index (χ0n) is 22.5. The van der Waals surface area contributed by atoms with Gasteiger partial charge in [0.1, 0.15) is 22.3 Å². The second-order valence-corrected chi connectivity index (χ2v) is 11.4. The Morgan fingerprint density at radius 1 is 1.15 bits per heavy atom. The summed E-state index contributed by atoms with van der Waals surface area (Å²) in [6.07, 6.45) is 2.03. The van der Waals surface area contributed by atoms with Crippen molar-refractivity contribution in [3.8, 4) is 5.75 Å². The number of aryl methyl sites for hydroxylation is 1. The molecule has 11 nitrogen and oxygen atoms in total. The molecule has 0 aliphatic carbocycles. The number of anilines is 1. The third kappa shape index (κ3) is 4.90. The van der Waals surface area contributed by atoms with Gasteiger partial charge >= 0.3 is 6.03 Å². The number of hydrogen-bond donors (Lipinski definition) is 3. The van der Waals surface area contributed by atoms with Crippen LogP contribution in [0.1, 0.15) is 71.3 Å². The molecule has 1 fully saturated rings. The van der Waals surface area contributed by atoms with Crippen LogP contribution in [0.4, 0.5) is 10.5 Å². The lowest BCUT2D eigenvalue weighted by molar-refractivity contribution is -0.136. The maximum Gasteiger partial charge on any atom is 0.319 e. The molecule has 0 radical (unpaired) electrons. The van der Waals surface area contributed by atoms with Crippen molar-refractivity contribution in [2.24, 2.45) is 0 Å². The number of urea groups is 1. The van der Waals surface area contributed by atoms with Gasteiger partial charge < -0.3 is 15.4 Å². The Morgan fingerprint density at radius 3 is 2.60 bits per heavy atom. The van der Waals surface area contributed by atoms with Gasteiger partial charge in [0, 0.05) is 12.1 Å². The van der Waals surface area contributed by atoms with Crippen LogP contribution in [-0.4, -0.2) is 52.7 Å². The van der Waals surface area contributed by atoms with Crippen LogP contribution >= 0.6 is 11.3 Å². The lowest BCUT2D eigenvalue weighted by Crippen LogP contribution is -2.54. The number of hydrogen-bond acceptors (Lipinski definition) is 8. The molecule has 6 amide bonds. The van der Waals surface area contributed by atoms with E-state index in [1.54, 1.807) is 7.11 Å².